The van der Waals surface area contributed by atoms with E-state index in [1.54, 1.807) is 12.1 Å². The molecular weight excluding hydrogens is 355 g/mol. The maximum absolute atomic E-state index is 12.5. The second-order valence-electron chi connectivity index (χ2n) is 6.07. The van der Waals surface area contributed by atoms with E-state index in [1.165, 1.54) is 10.5 Å². The first kappa shape index (κ1) is 19.5. The van der Waals surface area contributed by atoms with Gasteiger partial charge in [0.15, 0.2) is 0 Å². The van der Waals surface area contributed by atoms with Crippen molar-refractivity contribution in [3.8, 4) is 0 Å². The number of nitrogens with one attached hydrogen (secondary N) is 1. The van der Waals surface area contributed by atoms with E-state index in [-0.39, 0.29) is 18.3 Å². The van der Waals surface area contributed by atoms with Crippen molar-refractivity contribution in [2.75, 3.05) is 32.7 Å². The van der Waals surface area contributed by atoms with Gasteiger partial charge in [0.25, 0.3) is 5.91 Å². The fraction of sp³-hybridized carbons (Fsp3) is 0.250. The van der Waals surface area contributed by atoms with E-state index in [1.807, 2.05) is 35.2 Å². The van der Waals surface area contributed by atoms with Gasteiger partial charge in [-0.05, 0) is 29.8 Å². The standard InChI is InChI=1S/C20H21ClN2O.ClH/c21-19-10-4-9-18(16-19)20(24)23-14-12-22(13-15-23)11-5-8-17-6-2-1-3-7-17;/h1-10,16H,11-15H2;1H/b8-5+;. The van der Waals surface area contributed by atoms with E-state index in [0.717, 1.165) is 32.7 Å². The molecule has 1 aliphatic rings. The van der Waals surface area contributed by atoms with E-state index in [4.69, 9.17) is 11.6 Å². The summed E-state index contributed by atoms with van der Waals surface area (Å²) in [4.78, 5) is 15.9. The first-order chi connectivity index (χ1) is 11.7. The topological polar surface area (TPSA) is 24.8 Å². The van der Waals surface area contributed by atoms with Gasteiger partial charge in [0.1, 0.15) is 0 Å². The molecule has 3 rings (SSSR count). The Bertz CT molecular complexity index is 711. The quantitative estimate of drug-likeness (QED) is 0.756. The van der Waals surface area contributed by atoms with Crippen LogP contribution < -0.4 is 17.3 Å². The fourth-order valence-corrected chi connectivity index (χ4v) is 3.15. The largest absolute Gasteiger partial charge is 1.00 e. The number of benzene rings is 2. The summed E-state index contributed by atoms with van der Waals surface area (Å²) in [5.41, 5.74) is 1.90. The molecule has 1 amide bonds. The van der Waals surface area contributed by atoms with Gasteiger partial charge >= 0.3 is 0 Å². The maximum Gasteiger partial charge on any atom is 0.254 e. The van der Waals surface area contributed by atoms with Crippen LogP contribution in [0.15, 0.2) is 60.7 Å². The van der Waals surface area contributed by atoms with Crippen molar-refractivity contribution in [3.05, 3.63) is 76.8 Å². The van der Waals surface area contributed by atoms with Crippen LogP contribution in [0.4, 0.5) is 0 Å². The fourth-order valence-electron chi connectivity index (χ4n) is 2.96. The number of nitrogens with zero attached hydrogens (tertiary/aromatic N) is 1. The lowest BCUT2D eigenvalue weighted by Gasteiger charge is -2.31. The predicted octanol–water partition coefficient (Wildman–Crippen LogP) is -0.602. The number of rotatable bonds is 4. The number of quaternary nitrogens is 1. The monoisotopic (exact) mass is 376 g/mol. The second kappa shape index (κ2) is 9.62. The Morgan fingerprint density at radius 2 is 1.80 bits per heavy atom. The predicted molar refractivity (Wildman–Crippen MR) is 98.4 cm³/mol. The zero-order valence-corrected chi connectivity index (χ0v) is 15.5. The minimum atomic E-state index is 0. The Morgan fingerprint density at radius 3 is 2.48 bits per heavy atom. The van der Waals surface area contributed by atoms with Gasteiger partial charge in [-0.2, -0.15) is 0 Å². The molecule has 0 saturated carbocycles. The molecule has 0 bridgehead atoms. The summed E-state index contributed by atoms with van der Waals surface area (Å²) in [5, 5.41) is 0.608. The number of hydrogen-bond acceptors (Lipinski definition) is 1. The molecule has 0 aliphatic carbocycles. The van der Waals surface area contributed by atoms with E-state index in [0.29, 0.717) is 10.6 Å². The number of carbonyl (C=O) groups is 1. The maximum atomic E-state index is 12.5. The van der Waals surface area contributed by atoms with Gasteiger partial charge < -0.3 is 22.2 Å². The highest BCUT2D eigenvalue weighted by atomic mass is 35.5. The normalized spacial score (nSPS) is 15.2. The molecule has 2 aromatic rings. The van der Waals surface area contributed by atoms with Crippen LogP contribution in [0.25, 0.3) is 6.08 Å². The summed E-state index contributed by atoms with van der Waals surface area (Å²) in [6, 6.07) is 17.5. The Hall–Kier alpha value is -1.81. The van der Waals surface area contributed by atoms with E-state index in [2.05, 4.69) is 24.3 Å². The molecule has 0 atom stereocenters. The van der Waals surface area contributed by atoms with Crippen LogP contribution in [-0.4, -0.2) is 43.5 Å². The Kier molecular flexibility index (Phi) is 7.51. The lowest BCUT2D eigenvalue weighted by Crippen LogP contribution is -3.14. The van der Waals surface area contributed by atoms with Crippen LogP contribution in [0, 0.1) is 0 Å². The highest BCUT2D eigenvalue weighted by Crippen LogP contribution is 2.12. The zero-order chi connectivity index (χ0) is 16.8. The van der Waals surface area contributed by atoms with Crippen molar-refractivity contribution >= 4 is 23.6 Å². The third kappa shape index (κ3) is 5.60. The van der Waals surface area contributed by atoms with Crippen LogP contribution in [-0.2, 0) is 0 Å². The minimum absolute atomic E-state index is 0. The Labute approximate surface area is 160 Å². The first-order valence-corrected chi connectivity index (χ1v) is 8.70. The van der Waals surface area contributed by atoms with Gasteiger partial charge in [-0.25, -0.2) is 0 Å². The molecule has 0 aromatic heterocycles. The highest BCUT2D eigenvalue weighted by molar-refractivity contribution is 6.30. The van der Waals surface area contributed by atoms with E-state index >= 15 is 0 Å². The summed E-state index contributed by atoms with van der Waals surface area (Å²) in [7, 11) is 0. The van der Waals surface area contributed by atoms with Gasteiger partial charge in [0, 0.05) is 10.6 Å². The van der Waals surface area contributed by atoms with Crippen molar-refractivity contribution < 1.29 is 22.1 Å². The summed E-state index contributed by atoms with van der Waals surface area (Å²) >= 11 is 5.98. The van der Waals surface area contributed by atoms with Crippen molar-refractivity contribution in [2.24, 2.45) is 0 Å². The van der Waals surface area contributed by atoms with Crippen LogP contribution in [0.2, 0.25) is 5.02 Å². The summed E-state index contributed by atoms with van der Waals surface area (Å²) in [6.07, 6.45) is 4.38. The van der Waals surface area contributed by atoms with Gasteiger partial charge in [0.2, 0.25) is 0 Å². The molecule has 1 aliphatic heterocycles. The smallest absolute Gasteiger partial charge is 0.254 e. The molecule has 1 fully saturated rings. The molecule has 2 aromatic carbocycles. The summed E-state index contributed by atoms with van der Waals surface area (Å²) in [6.45, 7) is 4.53. The molecule has 5 heteroatoms. The van der Waals surface area contributed by atoms with Crippen molar-refractivity contribution in [2.45, 2.75) is 0 Å². The number of piperazine rings is 1. The number of amides is 1. The third-order valence-corrected chi connectivity index (χ3v) is 4.58. The molecule has 25 heavy (non-hydrogen) atoms. The molecule has 3 nitrogen and oxygen atoms in total. The third-order valence-electron chi connectivity index (χ3n) is 4.35. The molecule has 1 N–H and O–H groups in total. The van der Waals surface area contributed by atoms with Crippen molar-refractivity contribution in [1.29, 1.82) is 0 Å². The van der Waals surface area contributed by atoms with Crippen LogP contribution >= 0.6 is 11.6 Å². The average Bonchev–Trinajstić information content (AvgIpc) is 2.63. The molecule has 1 saturated heterocycles. The molecule has 0 spiro atoms. The van der Waals surface area contributed by atoms with Crippen molar-refractivity contribution in [3.63, 3.8) is 0 Å². The molecule has 1 heterocycles. The number of halogens is 2. The second-order valence-corrected chi connectivity index (χ2v) is 6.51. The molecule has 0 radical (unpaired) electrons. The van der Waals surface area contributed by atoms with Gasteiger partial charge in [-0.1, -0.05) is 54.1 Å². The first-order valence-electron chi connectivity index (χ1n) is 8.32. The molecular formula is C20H22Cl2N2O. The van der Waals surface area contributed by atoms with Gasteiger partial charge in [-0.15, -0.1) is 0 Å². The zero-order valence-electron chi connectivity index (χ0n) is 14.0. The van der Waals surface area contributed by atoms with Crippen LogP contribution in [0.1, 0.15) is 15.9 Å². The van der Waals surface area contributed by atoms with Crippen LogP contribution in [0.5, 0.6) is 0 Å². The van der Waals surface area contributed by atoms with Crippen molar-refractivity contribution in [1.82, 2.24) is 4.90 Å². The van der Waals surface area contributed by atoms with Gasteiger partial charge in [-0.3, -0.25) is 4.79 Å². The Balaban J connectivity index is 0.00000225. The Morgan fingerprint density at radius 1 is 1.08 bits per heavy atom. The number of carbonyl (C=O) groups excluding carboxylic acids is 1. The highest BCUT2D eigenvalue weighted by Gasteiger charge is 2.23. The summed E-state index contributed by atoms with van der Waals surface area (Å²) < 4.78 is 0. The number of hydrogen-bond donors (Lipinski definition) is 1. The van der Waals surface area contributed by atoms with Gasteiger partial charge in [0.05, 0.1) is 32.7 Å². The minimum Gasteiger partial charge on any atom is -1.00 e. The molecule has 0 unspecified atom stereocenters. The SMILES string of the molecule is O=C(c1cccc(Cl)c1)N1CC[NH+](C/C=C/c2ccccc2)CC1.[Cl-]. The van der Waals surface area contributed by atoms with Crippen LogP contribution in [0.3, 0.4) is 0 Å². The lowest BCUT2D eigenvalue weighted by molar-refractivity contribution is -0.898. The molecule has 132 valence electrons. The van der Waals surface area contributed by atoms with E-state index < -0.39 is 0 Å². The lowest BCUT2D eigenvalue weighted by atomic mass is 10.2. The van der Waals surface area contributed by atoms with E-state index in [9.17, 15) is 4.79 Å². The average molecular weight is 377 g/mol. The summed E-state index contributed by atoms with van der Waals surface area (Å²) in [5.74, 6) is 0.0800.